The van der Waals surface area contributed by atoms with Gasteiger partial charge in [-0.25, -0.2) is 0 Å². The number of amides is 1. The van der Waals surface area contributed by atoms with Crippen molar-refractivity contribution in [2.45, 2.75) is 30.2 Å². The van der Waals surface area contributed by atoms with Crippen LogP contribution in [0.15, 0.2) is 46.0 Å². The van der Waals surface area contributed by atoms with Gasteiger partial charge in [0.05, 0.1) is 26.6 Å². The number of fused-ring (bicyclic) bond motifs is 1. The molecule has 1 aliphatic heterocycles. The van der Waals surface area contributed by atoms with E-state index < -0.39 is 0 Å². The van der Waals surface area contributed by atoms with E-state index in [-0.39, 0.29) is 11.2 Å². The van der Waals surface area contributed by atoms with Gasteiger partial charge in [-0.1, -0.05) is 30.0 Å². The normalized spacial score (nSPS) is 13.9. The SMILES string of the molecule is COc1cc(-c2nnc(SC(C)C(=O)N3CCCc4ccccc43)o2)cc(OC)c1OC. The molecule has 0 spiro atoms. The molecule has 32 heavy (non-hydrogen) atoms. The number of hydrogen-bond donors (Lipinski definition) is 0. The van der Waals surface area contributed by atoms with E-state index in [0.29, 0.717) is 40.5 Å². The third-order valence-corrected chi connectivity index (χ3v) is 6.24. The molecule has 1 amide bonds. The van der Waals surface area contributed by atoms with Gasteiger partial charge in [0.15, 0.2) is 11.5 Å². The lowest BCUT2D eigenvalue weighted by atomic mass is 10.0. The molecule has 4 rings (SSSR count). The third kappa shape index (κ3) is 4.25. The number of para-hydroxylation sites is 1. The number of carbonyl (C=O) groups excluding carboxylic acids is 1. The Balaban J connectivity index is 1.52. The van der Waals surface area contributed by atoms with E-state index in [1.54, 1.807) is 33.5 Å². The van der Waals surface area contributed by atoms with Gasteiger partial charge < -0.3 is 23.5 Å². The maximum Gasteiger partial charge on any atom is 0.277 e. The van der Waals surface area contributed by atoms with Gasteiger partial charge in [0.2, 0.25) is 17.5 Å². The van der Waals surface area contributed by atoms with Gasteiger partial charge in [0.1, 0.15) is 0 Å². The van der Waals surface area contributed by atoms with Crippen molar-refractivity contribution in [1.29, 1.82) is 0 Å². The lowest BCUT2D eigenvalue weighted by molar-refractivity contribution is -0.117. The molecule has 0 saturated carbocycles. The van der Waals surface area contributed by atoms with Crippen LogP contribution in [0.3, 0.4) is 0 Å². The second-order valence-corrected chi connectivity index (χ2v) is 8.56. The lowest BCUT2D eigenvalue weighted by Crippen LogP contribution is -2.40. The molecule has 9 heteroatoms. The second-order valence-electron chi connectivity index (χ2n) is 7.27. The monoisotopic (exact) mass is 455 g/mol. The summed E-state index contributed by atoms with van der Waals surface area (Å²) in [6.45, 7) is 2.56. The van der Waals surface area contributed by atoms with Crippen LogP contribution in [-0.2, 0) is 11.2 Å². The van der Waals surface area contributed by atoms with Gasteiger partial charge in [0, 0.05) is 17.8 Å². The highest BCUT2D eigenvalue weighted by atomic mass is 32.2. The average molecular weight is 456 g/mol. The van der Waals surface area contributed by atoms with Crippen LogP contribution in [0.4, 0.5) is 5.69 Å². The van der Waals surface area contributed by atoms with Crippen LogP contribution in [0.25, 0.3) is 11.5 Å². The molecule has 8 nitrogen and oxygen atoms in total. The minimum atomic E-state index is -0.380. The molecule has 1 unspecified atom stereocenters. The Morgan fingerprint density at radius 2 is 1.81 bits per heavy atom. The molecule has 168 valence electrons. The zero-order valence-corrected chi connectivity index (χ0v) is 19.3. The van der Waals surface area contributed by atoms with Crippen LogP contribution in [0.2, 0.25) is 0 Å². The fraction of sp³-hybridized carbons (Fsp3) is 0.348. The van der Waals surface area contributed by atoms with Gasteiger partial charge in [-0.2, -0.15) is 0 Å². The topological polar surface area (TPSA) is 86.9 Å². The summed E-state index contributed by atoms with van der Waals surface area (Å²) < 4.78 is 22.0. The van der Waals surface area contributed by atoms with Crippen molar-refractivity contribution in [3.05, 3.63) is 42.0 Å². The molecule has 0 saturated heterocycles. The van der Waals surface area contributed by atoms with E-state index in [1.165, 1.54) is 17.3 Å². The van der Waals surface area contributed by atoms with Crippen LogP contribution in [0.1, 0.15) is 18.9 Å². The Morgan fingerprint density at radius 3 is 2.50 bits per heavy atom. The molecule has 0 fully saturated rings. The van der Waals surface area contributed by atoms with Crippen molar-refractivity contribution in [3.8, 4) is 28.7 Å². The summed E-state index contributed by atoms with van der Waals surface area (Å²) in [5.41, 5.74) is 2.81. The van der Waals surface area contributed by atoms with Crippen molar-refractivity contribution in [1.82, 2.24) is 10.2 Å². The Morgan fingerprint density at radius 1 is 1.09 bits per heavy atom. The quantitative estimate of drug-likeness (QED) is 0.490. The van der Waals surface area contributed by atoms with Crippen molar-refractivity contribution >= 4 is 23.4 Å². The van der Waals surface area contributed by atoms with Crippen LogP contribution in [0.5, 0.6) is 17.2 Å². The molecule has 1 aromatic heterocycles. The largest absolute Gasteiger partial charge is 0.493 e. The highest BCUT2D eigenvalue weighted by Crippen LogP contribution is 2.41. The van der Waals surface area contributed by atoms with E-state index in [1.807, 2.05) is 30.0 Å². The Kier molecular flexibility index (Phi) is 6.55. The number of aryl methyl sites for hydroxylation is 1. The number of carbonyl (C=O) groups is 1. The third-order valence-electron chi connectivity index (χ3n) is 5.32. The van der Waals surface area contributed by atoms with E-state index in [0.717, 1.165) is 18.5 Å². The maximum atomic E-state index is 13.1. The van der Waals surface area contributed by atoms with Crippen LogP contribution in [-0.4, -0.2) is 49.2 Å². The summed E-state index contributed by atoms with van der Waals surface area (Å²) in [6, 6.07) is 11.5. The van der Waals surface area contributed by atoms with E-state index in [2.05, 4.69) is 16.3 Å². The van der Waals surface area contributed by atoms with Crippen LogP contribution < -0.4 is 19.1 Å². The second kappa shape index (κ2) is 9.52. The number of nitrogens with zero attached hydrogens (tertiary/aromatic N) is 3. The number of ether oxygens (including phenoxy) is 3. The number of anilines is 1. The average Bonchev–Trinajstić information content (AvgIpc) is 3.30. The van der Waals surface area contributed by atoms with Crippen LogP contribution in [0, 0.1) is 0 Å². The molecular formula is C23H25N3O5S. The molecule has 0 radical (unpaired) electrons. The fourth-order valence-corrected chi connectivity index (χ4v) is 4.51. The number of thioether (sulfide) groups is 1. The highest BCUT2D eigenvalue weighted by molar-refractivity contribution is 8.00. The minimum absolute atomic E-state index is 0.0229. The van der Waals surface area contributed by atoms with Gasteiger partial charge in [0.25, 0.3) is 5.22 Å². The van der Waals surface area contributed by atoms with Gasteiger partial charge in [-0.15, -0.1) is 10.2 Å². The molecule has 1 aliphatic rings. The van der Waals surface area contributed by atoms with E-state index in [4.69, 9.17) is 18.6 Å². The van der Waals surface area contributed by atoms with E-state index in [9.17, 15) is 4.79 Å². The van der Waals surface area contributed by atoms with Crippen molar-refractivity contribution in [2.75, 3.05) is 32.8 Å². The number of benzene rings is 2. The summed E-state index contributed by atoms with van der Waals surface area (Å²) >= 11 is 1.24. The molecular weight excluding hydrogens is 430 g/mol. The molecule has 1 atom stereocenters. The molecule has 2 aromatic carbocycles. The molecule has 0 N–H and O–H groups in total. The lowest BCUT2D eigenvalue weighted by Gasteiger charge is -2.31. The Hall–Kier alpha value is -3.20. The predicted octanol–water partition coefficient (Wildman–Crippen LogP) is 4.22. The molecule has 0 aliphatic carbocycles. The molecule has 3 aromatic rings. The fourth-order valence-electron chi connectivity index (χ4n) is 3.76. The first kappa shape index (κ1) is 22.0. The van der Waals surface area contributed by atoms with Crippen molar-refractivity contribution < 1.29 is 23.4 Å². The minimum Gasteiger partial charge on any atom is -0.493 e. The number of hydrogen-bond acceptors (Lipinski definition) is 8. The number of aromatic nitrogens is 2. The van der Waals surface area contributed by atoms with Gasteiger partial charge in [-0.3, -0.25) is 4.79 Å². The first-order valence-corrected chi connectivity index (χ1v) is 11.1. The summed E-state index contributed by atoms with van der Waals surface area (Å²) in [6.07, 6.45) is 1.94. The summed E-state index contributed by atoms with van der Waals surface area (Å²) in [7, 11) is 4.63. The smallest absolute Gasteiger partial charge is 0.277 e. The highest BCUT2D eigenvalue weighted by Gasteiger charge is 2.28. The predicted molar refractivity (Wildman–Crippen MR) is 122 cm³/mol. The molecule has 0 bridgehead atoms. The number of rotatable bonds is 7. The zero-order chi connectivity index (χ0) is 22.7. The zero-order valence-electron chi connectivity index (χ0n) is 18.5. The van der Waals surface area contributed by atoms with Crippen molar-refractivity contribution in [3.63, 3.8) is 0 Å². The Labute approximate surface area is 190 Å². The van der Waals surface area contributed by atoms with Gasteiger partial charge in [-0.05, 0) is 43.5 Å². The van der Waals surface area contributed by atoms with Crippen molar-refractivity contribution in [2.24, 2.45) is 0 Å². The summed E-state index contributed by atoms with van der Waals surface area (Å²) in [4.78, 5) is 15.0. The van der Waals surface area contributed by atoms with Crippen LogP contribution >= 0.6 is 11.8 Å². The van der Waals surface area contributed by atoms with Gasteiger partial charge >= 0.3 is 0 Å². The summed E-state index contributed by atoms with van der Waals surface area (Å²) in [5.74, 6) is 1.78. The maximum absolute atomic E-state index is 13.1. The molecule has 2 heterocycles. The first-order valence-electron chi connectivity index (χ1n) is 10.3. The standard InChI is InChI=1S/C23H25N3O5S/c1-14(22(27)26-11-7-9-15-8-5-6-10-17(15)26)32-23-25-24-21(31-23)16-12-18(28-2)20(30-4)19(13-16)29-3/h5-6,8,10,12-14H,7,9,11H2,1-4H3. The Bertz CT molecular complexity index is 1090. The van der Waals surface area contributed by atoms with E-state index >= 15 is 0 Å². The number of methoxy groups -OCH3 is 3. The first-order chi connectivity index (χ1) is 15.5. The summed E-state index contributed by atoms with van der Waals surface area (Å²) in [5, 5.41) is 8.20.